The molecule has 0 aliphatic rings. The minimum Gasteiger partial charge on any atom is -0.455 e. The van der Waals surface area contributed by atoms with Gasteiger partial charge < -0.3 is 15.4 Å². The summed E-state index contributed by atoms with van der Waals surface area (Å²) in [4.78, 5) is 0. The molecule has 5 heteroatoms. The van der Waals surface area contributed by atoms with E-state index in [4.69, 9.17) is 28.6 Å². The fraction of sp³-hybridized carbons (Fsp3) is 0.0500. The molecule has 3 aromatic rings. The molecule has 0 radical (unpaired) electrons. The van der Waals surface area contributed by atoms with Gasteiger partial charge in [-0.25, -0.2) is 0 Å². The van der Waals surface area contributed by atoms with Gasteiger partial charge >= 0.3 is 0 Å². The second-order valence-corrected chi connectivity index (χ2v) is 6.29. The molecule has 0 saturated carbocycles. The van der Waals surface area contributed by atoms with Crippen LogP contribution < -0.4 is 15.4 Å². The molecule has 126 valence electrons. The zero-order valence-electron chi connectivity index (χ0n) is 13.6. The van der Waals surface area contributed by atoms with Crippen molar-refractivity contribution in [1.82, 2.24) is 0 Å². The molecule has 0 aliphatic carbocycles. The molecule has 0 spiro atoms. The fourth-order valence-electron chi connectivity index (χ4n) is 2.28. The zero-order valence-corrected chi connectivity index (χ0v) is 15.2. The number of ether oxygens (including phenoxy) is 1. The Balaban J connectivity index is 1.74. The minimum absolute atomic E-state index is 0.467. The summed E-state index contributed by atoms with van der Waals surface area (Å²) in [6, 6.07) is 22.9. The number of thiocarbonyl (C=S) groups is 1. The molecule has 0 atom stereocenters. The largest absolute Gasteiger partial charge is 0.455 e. The Bertz CT molecular complexity index is 884. The van der Waals surface area contributed by atoms with Gasteiger partial charge in [-0.2, -0.15) is 0 Å². The summed E-state index contributed by atoms with van der Waals surface area (Å²) in [6.07, 6.45) is 0. The number of rotatable bonds is 4. The molecular weight excluding hydrogens is 352 g/mol. The third-order valence-electron chi connectivity index (χ3n) is 3.55. The van der Waals surface area contributed by atoms with Crippen LogP contribution in [0.3, 0.4) is 0 Å². The van der Waals surface area contributed by atoms with Crippen LogP contribution in [0.5, 0.6) is 11.5 Å². The van der Waals surface area contributed by atoms with Gasteiger partial charge in [0, 0.05) is 10.7 Å². The van der Waals surface area contributed by atoms with E-state index >= 15 is 0 Å². The van der Waals surface area contributed by atoms with Gasteiger partial charge in [-0.05, 0) is 61.1 Å². The van der Waals surface area contributed by atoms with Gasteiger partial charge in [0.2, 0.25) is 0 Å². The first-order valence-electron chi connectivity index (χ1n) is 7.78. The van der Waals surface area contributed by atoms with Gasteiger partial charge in [0.25, 0.3) is 0 Å². The van der Waals surface area contributed by atoms with Crippen molar-refractivity contribution in [3.63, 3.8) is 0 Å². The average Bonchev–Trinajstić information content (AvgIpc) is 2.61. The maximum absolute atomic E-state index is 6.05. The van der Waals surface area contributed by atoms with Crippen molar-refractivity contribution in [2.75, 3.05) is 10.6 Å². The van der Waals surface area contributed by atoms with Gasteiger partial charge in [-0.3, -0.25) is 0 Å². The van der Waals surface area contributed by atoms with Crippen LogP contribution in [-0.2, 0) is 0 Å². The van der Waals surface area contributed by atoms with Crippen molar-refractivity contribution >= 4 is 40.3 Å². The zero-order chi connectivity index (χ0) is 17.6. The average molecular weight is 369 g/mol. The quantitative estimate of drug-likeness (QED) is 0.533. The highest BCUT2D eigenvalue weighted by Gasteiger charge is 2.07. The minimum atomic E-state index is 0.467. The van der Waals surface area contributed by atoms with Crippen LogP contribution in [0.1, 0.15) is 5.56 Å². The number of hydrogen-bond donors (Lipinski definition) is 2. The number of hydrogen-bond acceptors (Lipinski definition) is 2. The normalized spacial score (nSPS) is 10.2. The van der Waals surface area contributed by atoms with Gasteiger partial charge in [-0.15, -0.1) is 0 Å². The number of benzene rings is 3. The lowest BCUT2D eigenvalue weighted by Crippen LogP contribution is -2.20. The molecule has 0 saturated heterocycles. The van der Waals surface area contributed by atoms with E-state index < -0.39 is 0 Å². The maximum atomic E-state index is 6.05. The van der Waals surface area contributed by atoms with Crippen LogP contribution in [-0.4, -0.2) is 5.11 Å². The first-order chi connectivity index (χ1) is 12.1. The maximum Gasteiger partial charge on any atom is 0.175 e. The summed E-state index contributed by atoms with van der Waals surface area (Å²) in [7, 11) is 0. The molecule has 0 aliphatic heterocycles. The second kappa shape index (κ2) is 8.01. The summed E-state index contributed by atoms with van der Waals surface area (Å²) in [5, 5.41) is 7.47. The van der Waals surface area contributed by atoms with E-state index in [0.717, 1.165) is 22.7 Å². The van der Waals surface area contributed by atoms with Gasteiger partial charge in [0.05, 0.1) is 5.69 Å². The summed E-state index contributed by atoms with van der Waals surface area (Å²) >= 11 is 11.5. The van der Waals surface area contributed by atoms with Gasteiger partial charge in [0.15, 0.2) is 10.9 Å². The van der Waals surface area contributed by atoms with Crippen molar-refractivity contribution in [2.45, 2.75) is 6.92 Å². The fourth-order valence-corrected chi connectivity index (χ4v) is 2.67. The highest BCUT2D eigenvalue weighted by Crippen LogP contribution is 2.29. The van der Waals surface area contributed by atoms with E-state index in [9.17, 15) is 0 Å². The monoisotopic (exact) mass is 368 g/mol. The smallest absolute Gasteiger partial charge is 0.175 e. The van der Waals surface area contributed by atoms with Crippen LogP contribution in [0, 0.1) is 6.92 Å². The molecule has 0 amide bonds. The van der Waals surface area contributed by atoms with E-state index in [2.05, 4.69) is 10.6 Å². The van der Waals surface area contributed by atoms with E-state index in [1.807, 2.05) is 79.7 Å². The SMILES string of the molecule is Cc1ccc(Cl)cc1NC(=S)Nc1ccccc1Oc1ccccc1. The first-order valence-corrected chi connectivity index (χ1v) is 8.56. The summed E-state index contributed by atoms with van der Waals surface area (Å²) in [6.45, 7) is 1.99. The van der Waals surface area contributed by atoms with Crippen LogP contribution in [0.15, 0.2) is 72.8 Å². The van der Waals surface area contributed by atoms with E-state index in [0.29, 0.717) is 15.9 Å². The van der Waals surface area contributed by atoms with Crippen LogP contribution >= 0.6 is 23.8 Å². The van der Waals surface area contributed by atoms with Crippen molar-refractivity contribution in [1.29, 1.82) is 0 Å². The van der Waals surface area contributed by atoms with Crippen molar-refractivity contribution in [2.24, 2.45) is 0 Å². The third-order valence-corrected chi connectivity index (χ3v) is 3.99. The molecule has 0 bridgehead atoms. The summed E-state index contributed by atoms with van der Waals surface area (Å²) in [5.41, 5.74) is 2.71. The highest BCUT2D eigenvalue weighted by molar-refractivity contribution is 7.80. The van der Waals surface area contributed by atoms with Crippen LogP contribution in [0.25, 0.3) is 0 Å². The van der Waals surface area contributed by atoms with Crippen molar-refractivity contribution in [3.8, 4) is 11.5 Å². The highest BCUT2D eigenvalue weighted by atomic mass is 35.5. The Hall–Kier alpha value is -2.56. The topological polar surface area (TPSA) is 33.3 Å². The third kappa shape index (κ3) is 4.72. The van der Waals surface area contributed by atoms with Gasteiger partial charge in [-0.1, -0.05) is 48.0 Å². The standard InChI is InChI=1S/C20H17ClN2OS/c1-14-11-12-15(21)13-18(14)23-20(25)22-17-9-5-6-10-19(17)24-16-7-3-2-4-8-16/h2-13H,1H3,(H2,22,23,25). The molecule has 2 N–H and O–H groups in total. The molecule has 0 unspecified atom stereocenters. The molecule has 0 fully saturated rings. The van der Waals surface area contributed by atoms with E-state index in [1.54, 1.807) is 0 Å². The van der Waals surface area contributed by atoms with Crippen molar-refractivity contribution < 1.29 is 4.74 Å². The Morgan fingerprint density at radius 3 is 2.36 bits per heavy atom. The lowest BCUT2D eigenvalue weighted by atomic mass is 10.2. The predicted octanol–water partition coefficient (Wildman–Crippen LogP) is 6.25. The Morgan fingerprint density at radius 2 is 1.56 bits per heavy atom. The van der Waals surface area contributed by atoms with E-state index in [-0.39, 0.29) is 0 Å². The Labute approximate surface area is 157 Å². The lowest BCUT2D eigenvalue weighted by molar-refractivity contribution is 0.485. The molecule has 0 aromatic heterocycles. The van der Waals surface area contributed by atoms with E-state index in [1.165, 1.54) is 0 Å². The summed E-state index contributed by atoms with van der Waals surface area (Å²) < 4.78 is 5.93. The molecule has 3 rings (SSSR count). The first kappa shape index (κ1) is 17.3. The van der Waals surface area contributed by atoms with Crippen LogP contribution in [0.4, 0.5) is 11.4 Å². The Kier molecular flexibility index (Phi) is 5.53. The molecule has 0 heterocycles. The molecule has 3 nitrogen and oxygen atoms in total. The van der Waals surface area contributed by atoms with Crippen molar-refractivity contribution in [3.05, 3.63) is 83.4 Å². The predicted molar refractivity (Wildman–Crippen MR) is 109 cm³/mol. The van der Waals surface area contributed by atoms with Crippen LogP contribution in [0.2, 0.25) is 5.02 Å². The Morgan fingerprint density at radius 1 is 0.880 bits per heavy atom. The number of halogens is 1. The number of nitrogens with one attached hydrogen (secondary N) is 2. The van der Waals surface area contributed by atoms with Gasteiger partial charge in [0.1, 0.15) is 5.75 Å². The second-order valence-electron chi connectivity index (χ2n) is 5.45. The molecule has 25 heavy (non-hydrogen) atoms. The number of aryl methyl sites for hydroxylation is 1. The lowest BCUT2D eigenvalue weighted by Gasteiger charge is -2.15. The summed E-state index contributed by atoms with van der Waals surface area (Å²) in [5.74, 6) is 1.46. The number of para-hydroxylation sites is 3. The molecule has 3 aromatic carbocycles. The molecular formula is C20H17ClN2OS. The number of anilines is 2.